The number of hydrogen-bond donors (Lipinski definition) is 0. The van der Waals surface area contributed by atoms with Crippen LogP contribution in [-0.4, -0.2) is 35.3 Å². The van der Waals surface area contributed by atoms with E-state index in [1.165, 1.54) is 18.2 Å². The summed E-state index contributed by atoms with van der Waals surface area (Å²) in [6, 6.07) is 4.22. The number of aliphatic carboxylic acids is 3. The van der Waals surface area contributed by atoms with Crippen LogP contribution in [0.15, 0.2) is 0 Å². The van der Waals surface area contributed by atoms with Gasteiger partial charge in [-0.25, -0.2) is 0 Å². The summed E-state index contributed by atoms with van der Waals surface area (Å²) in [4.78, 5) is 27.8. The van der Waals surface area contributed by atoms with Crippen molar-refractivity contribution < 1.29 is 29.7 Å². The van der Waals surface area contributed by atoms with Crippen molar-refractivity contribution in [1.29, 1.82) is 15.8 Å². The van der Waals surface area contributed by atoms with E-state index in [9.17, 15) is 29.7 Å². The summed E-state index contributed by atoms with van der Waals surface area (Å²) < 4.78 is 0. The molecule has 0 amide bonds. The first-order valence-electron chi connectivity index (χ1n) is 4.02. The van der Waals surface area contributed by atoms with Gasteiger partial charge < -0.3 is 29.7 Å². The second-order valence-corrected chi connectivity index (χ2v) is 2.12. The van der Waals surface area contributed by atoms with Crippen LogP contribution in [0, 0.1) is 34.0 Å². The van der Waals surface area contributed by atoms with Crippen molar-refractivity contribution in [3.8, 4) is 18.2 Å². The topological polar surface area (TPSA) is 192 Å². The maximum atomic E-state index is 9.27. The fourth-order valence-corrected chi connectivity index (χ4v) is 0.194. The molecule has 10 heteroatoms. The van der Waals surface area contributed by atoms with Crippen LogP contribution in [0.1, 0.15) is 19.3 Å². The number of rotatable bonds is 3. The first kappa shape index (κ1) is 25.3. The number of carbonyl (C=O) groups is 3. The van der Waals surface area contributed by atoms with Gasteiger partial charge in [-0.2, -0.15) is 15.8 Å². The van der Waals surface area contributed by atoms with Crippen LogP contribution in [0.25, 0.3) is 0 Å². The van der Waals surface area contributed by atoms with Crippen molar-refractivity contribution >= 4 is 35.3 Å². The summed E-state index contributed by atoms with van der Waals surface area (Å²) in [5, 5.41) is 50.5. The number of nitriles is 3. The Morgan fingerprint density at radius 3 is 0.842 bits per heavy atom. The van der Waals surface area contributed by atoms with Crippen LogP contribution in [-0.2, 0) is 14.4 Å². The van der Waals surface area contributed by atoms with Crippen molar-refractivity contribution in [1.82, 2.24) is 0 Å². The molecule has 0 bridgehead atoms. The zero-order valence-corrected chi connectivity index (χ0v) is 10.6. The molecule has 0 aliphatic heterocycles. The molecule has 0 aromatic heterocycles. The Morgan fingerprint density at radius 2 is 0.842 bits per heavy atom. The molecule has 0 aromatic carbocycles. The predicted octanol–water partition coefficient (Wildman–Crippen LogP) is -4.43. The van der Waals surface area contributed by atoms with Crippen molar-refractivity contribution in [2.45, 2.75) is 19.3 Å². The van der Waals surface area contributed by atoms with Gasteiger partial charge in [0.1, 0.15) is 0 Å². The third-order valence-electron chi connectivity index (χ3n) is 0.670. The maximum absolute atomic E-state index is 9.27. The third-order valence-corrected chi connectivity index (χ3v) is 0.670. The fourth-order valence-electron chi connectivity index (χ4n) is 0.194. The summed E-state index contributed by atoms with van der Waals surface area (Å²) in [5.74, 6) is -3.97. The monoisotopic (exact) mass is 279 g/mol. The molecule has 0 atom stereocenters. The van der Waals surface area contributed by atoms with Crippen LogP contribution >= 0.6 is 0 Å². The number of nitrogens with zero attached hydrogens (tertiary/aromatic N) is 3. The molecule has 0 N–H and O–H groups in total. The van der Waals surface area contributed by atoms with Gasteiger partial charge in [0.2, 0.25) is 0 Å². The van der Waals surface area contributed by atoms with E-state index in [1.54, 1.807) is 0 Å². The van der Waals surface area contributed by atoms with Gasteiger partial charge in [-0.05, 0) is 0 Å². The molecule has 0 rings (SSSR count). The molecule has 96 valence electrons. The molecule has 0 saturated carbocycles. The molecular formula is C9H6AlN3O6. The average Bonchev–Trinajstić information content (AvgIpc) is 2.18. The minimum Gasteiger partial charge on any atom is -0.549 e. The number of carbonyl (C=O) groups excluding carboxylic acids is 3. The molecule has 0 unspecified atom stereocenters. The predicted molar refractivity (Wildman–Crippen MR) is 51.5 cm³/mol. The number of carboxylic acid groups (broad SMARTS) is 3. The van der Waals surface area contributed by atoms with Crippen molar-refractivity contribution in [3.05, 3.63) is 0 Å². The molecule has 9 nitrogen and oxygen atoms in total. The van der Waals surface area contributed by atoms with E-state index >= 15 is 0 Å². The van der Waals surface area contributed by atoms with Crippen molar-refractivity contribution in [2.75, 3.05) is 0 Å². The van der Waals surface area contributed by atoms with E-state index in [4.69, 9.17) is 15.8 Å². The van der Waals surface area contributed by atoms with Crippen LogP contribution in [0.4, 0.5) is 0 Å². The van der Waals surface area contributed by atoms with E-state index in [2.05, 4.69) is 0 Å². The second kappa shape index (κ2) is 20.8. The standard InChI is InChI=1S/3C3H3NO2.Al/c3*4-2-1-3(5)6;/h3*1H2,(H,5,6);/q;;;+3/p-3. The largest absolute Gasteiger partial charge is 3.00 e. The Labute approximate surface area is 119 Å². The van der Waals surface area contributed by atoms with E-state index in [1.807, 2.05) is 0 Å². The second-order valence-electron chi connectivity index (χ2n) is 2.12. The molecule has 0 aliphatic rings. The SMILES string of the molecule is N#CCC(=O)[O-].N#CCC(=O)[O-].N#CCC(=O)[O-].[Al+3]. The Hall–Kier alpha value is -2.59. The molecule has 0 saturated heterocycles. The first-order chi connectivity index (χ1) is 8.31. The Kier molecular flexibility index (Phi) is 27.7. The summed E-state index contributed by atoms with van der Waals surface area (Å²) in [6.45, 7) is 0. The van der Waals surface area contributed by atoms with Gasteiger partial charge in [-0.1, -0.05) is 0 Å². The van der Waals surface area contributed by atoms with Gasteiger partial charge >= 0.3 is 17.4 Å². The smallest absolute Gasteiger partial charge is 0.549 e. The zero-order valence-electron chi connectivity index (χ0n) is 9.49. The molecule has 0 spiro atoms. The van der Waals surface area contributed by atoms with E-state index < -0.39 is 37.2 Å². The van der Waals surface area contributed by atoms with Gasteiger partial charge in [-0.15, -0.1) is 0 Å². The molecule has 0 fully saturated rings. The van der Waals surface area contributed by atoms with E-state index in [-0.39, 0.29) is 17.4 Å². The average molecular weight is 279 g/mol. The Balaban J connectivity index is -0.0000000865. The van der Waals surface area contributed by atoms with E-state index in [0.717, 1.165) is 0 Å². The van der Waals surface area contributed by atoms with Crippen LogP contribution < -0.4 is 15.3 Å². The molecule has 0 heterocycles. The minimum absolute atomic E-state index is 0. The summed E-state index contributed by atoms with van der Waals surface area (Å²) in [5.41, 5.74) is 0. The first-order valence-corrected chi connectivity index (χ1v) is 4.02. The molecule has 0 aromatic rings. The van der Waals surface area contributed by atoms with Crippen LogP contribution in [0.5, 0.6) is 0 Å². The number of carboxylic acids is 3. The molecule has 0 radical (unpaired) electrons. The zero-order chi connectivity index (χ0) is 15.0. The van der Waals surface area contributed by atoms with Crippen molar-refractivity contribution in [2.24, 2.45) is 0 Å². The Morgan fingerprint density at radius 1 is 0.684 bits per heavy atom. The number of hydrogen-bond acceptors (Lipinski definition) is 9. The normalized spacial score (nSPS) is 6.16. The van der Waals surface area contributed by atoms with E-state index in [0.29, 0.717) is 0 Å². The summed E-state index contributed by atoms with van der Waals surface area (Å²) in [6.07, 6.45) is -1.54. The fraction of sp³-hybridized carbons (Fsp3) is 0.333. The summed E-state index contributed by atoms with van der Waals surface area (Å²) in [7, 11) is 0. The van der Waals surface area contributed by atoms with Gasteiger partial charge in [-0.3, -0.25) is 0 Å². The van der Waals surface area contributed by atoms with Gasteiger partial charge in [0, 0.05) is 0 Å². The van der Waals surface area contributed by atoms with Gasteiger partial charge in [0.25, 0.3) is 0 Å². The molecular weight excluding hydrogens is 273 g/mol. The molecule has 19 heavy (non-hydrogen) atoms. The minimum atomic E-state index is -1.32. The van der Waals surface area contributed by atoms with Crippen molar-refractivity contribution in [3.63, 3.8) is 0 Å². The third kappa shape index (κ3) is 67.4. The van der Waals surface area contributed by atoms with Gasteiger partial charge in [0.15, 0.2) is 0 Å². The van der Waals surface area contributed by atoms with Crippen LogP contribution in [0.3, 0.4) is 0 Å². The van der Waals surface area contributed by atoms with Crippen LogP contribution in [0.2, 0.25) is 0 Å². The molecule has 0 aliphatic carbocycles. The Bertz CT molecular complexity index is 342. The quantitative estimate of drug-likeness (QED) is 0.458. The maximum Gasteiger partial charge on any atom is 3.00 e. The summed E-state index contributed by atoms with van der Waals surface area (Å²) >= 11 is 0. The van der Waals surface area contributed by atoms with Gasteiger partial charge in [0.05, 0.1) is 55.4 Å².